The first-order valence-electron chi connectivity index (χ1n) is 7.88. The number of amides is 1. The lowest BCUT2D eigenvalue weighted by molar-refractivity contribution is 0.0945. The summed E-state index contributed by atoms with van der Waals surface area (Å²) in [7, 11) is 1.59. The van der Waals surface area contributed by atoms with Gasteiger partial charge in [-0.15, -0.1) is 0 Å². The second-order valence-electron chi connectivity index (χ2n) is 5.62. The highest BCUT2D eigenvalue weighted by Gasteiger charge is 2.18. The number of carbonyl (C=O) groups is 1. The highest BCUT2D eigenvalue weighted by atomic mass is 16.5. The molecule has 0 spiro atoms. The lowest BCUT2D eigenvalue weighted by Crippen LogP contribution is -2.35. The maximum atomic E-state index is 12.2. The monoisotopic (exact) mass is 290 g/mol. The lowest BCUT2D eigenvalue weighted by atomic mass is 9.93. The zero-order chi connectivity index (χ0) is 15.1. The number of carbonyl (C=O) groups excluding carboxylic acids is 1. The summed E-state index contributed by atoms with van der Waals surface area (Å²) < 4.78 is 5.22. The Morgan fingerprint density at radius 3 is 2.71 bits per heavy atom. The highest BCUT2D eigenvalue weighted by molar-refractivity contribution is 5.96. The minimum absolute atomic E-state index is 0.0431. The number of rotatable bonds is 6. The number of nitrogens with one attached hydrogen (secondary N) is 1. The van der Waals surface area contributed by atoms with Crippen LogP contribution in [0.5, 0.6) is 5.75 Å². The molecule has 21 heavy (non-hydrogen) atoms. The van der Waals surface area contributed by atoms with Crippen LogP contribution in [0.2, 0.25) is 0 Å². The van der Waals surface area contributed by atoms with Crippen LogP contribution >= 0.6 is 0 Å². The number of piperidine rings is 1. The summed E-state index contributed by atoms with van der Waals surface area (Å²) in [4.78, 5) is 14.7. The molecular weight excluding hydrogens is 264 g/mol. The van der Waals surface area contributed by atoms with Crippen molar-refractivity contribution < 1.29 is 9.53 Å². The van der Waals surface area contributed by atoms with Crippen LogP contribution in [-0.2, 0) is 0 Å². The third kappa shape index (κ3) is 4.46. The Morgan fingerprint density at radius 2 is 2.05 bits per heavy atom. The summed E-state index contributed by atoms with van der Waals surface area (Å²) in [5, 5.41) is 3.01. The largest absolute Gasteiger partial charge is 0.496 e. The van der Waals surface area contributed by atoms with E-state index in [1.165, 1.54) is 25.9 Å². The van der Waals surface area contributed by atoms with Crippen LogP contribution in [0.4, 0.5) is 0 Å². The number of benzene rings is 1. The van der Waals surface area contributed by atoms with Crippen molar-refractivity contribution in [3.8, 4) is 5.75 Å². The fraction of sp³-hybridized carbons (Fsp3) is 0.588. The Labute approximate surface area is 127 Å². The Hall–Kier alpha value is -1.55. The third-order valence-electron chi connectivity index (χ3n) is 4.34. The summed E-state index contributed by atoms with van der Waals surface area (Å²) in [5.41, 5.74) is 0.612. The van der Waals surface area contributed by atoms with Gasteiger partial charge in [0.2, 0.25) is 0 Å². The molecule has 2 rings (SSSR count). The number of hydrogen-bond donors (Lipinski definition) is 1. The van der Waals surface area contributed by atoms with Crippen molar-refractivity contribution in [1.29, 1.82) is 0 Å². The van der Waals surface area contributed by atoms with Crippen LogP contribution in [-0.4, -0.2) is 44.1 Å². The first-order valence-corrected chi connectivity index (χ1v) is 7.88. The predicted molar refractivity (Wildman–Crippen MR) is 84.8 cm³/mol. The molecule has 4 heteroatoms. The third-order valence-corrected chi connectivity index (χ3v) is 4.34. The van der Waals surface area contributed by atoms with E-state index in [2.05, 4.69) is 17.1 Å². The molecule has 1 fully saturated rings. The Bertz CT molecular complexity index is 454. The lowest BCUT2D eigenvalue weighted by Gasteiger charge is -2.31. The molecule has 1 saturated heterocycles. The summed E-state index contributed by atoms with van der Waals surface area (Å²) in [6.45, 7) is 6.50. The number of nitrogens with zero attached hydrogens (tertiary/aromatic N) is 1. The Balaban J connectivity index is 1.75. The van der Waals surface area contributed by atoms with Gasteiger partial charge >= 0.3 is 0 Å². The van der Waals surface area contributed by atoms with Gasteiger partial charge in [-0.05, 0) is 56.9 Å². The second kappa shape index (κ2) is 8.03. The average Bonchev–Trinajstić information content (AvgIpc) is 2.55. The maximum absolute atomic E-state index is 12.2. The Kier molecular flexibility index (Phi) is 6.05. The van der Waals surface area contributed by atoms with E-state index in [0.717, 1.165) is 25.4 Å². The molecule has 0 atom stereocenters. The van der Waals surface area contributed by atoms with Crippen molar-refractivity contribution in [3.63, 3.8) is 0 Å². The van der Waals surface area contributed by atoms with Gasteiger partial charge in [0.05, 0.1) is 12.7 Å². The van der Waals surface area contributed by atoms with Crippen molar-refractivity contribution in [2.45, 2.75) is 26.2 Å². The van der Waals surface area contributed by atoms with E-state index in [0.29, 0.717) is 11.3 Å². The molecule has 1 aliphatic rings. The summed E-state index contributed by atoms with van der Waals surface area (Å²) >= 11 is 0. The van der Waals surface area contributed by atoms with E-state index in [-0.39, 0.29) is 5.91 Å². The van der Waals surface area contributed by atoms with E-state index in [4.69, 9.17) is 4.74 Å². The average molecular weight is 290 g/mol. The van der Waals surface area contributed by atoms with Gasteiger partial charge in [0.15, 0.2) is 0 Å². The summed E-state index contributed by atoms with van der Waals surface area (Å²) in [6.07, 6.45) is 3.56. The molecule has 0 bridgehead atoms. The van der Waals surface area contributed by atoms with E-state index in [1.54, 1.807) is 13.2 Å². The topological polar surface area (TPSA) is 41.6 Å². The normalized spacial score (nSPS) is 16.7. The minimum atomic E-state index is -0.0431. The van der Waals surface area contributed by atoms with Crippen LogP contribution in [0.15, 0.2) is 24.3 Å². The highest BCUT2D eigenvalue weighted by Crippen LogP contribution is 2.20. The van der Waals surface area contributed by atoms with Gasteiger partial charge in [-0.1, -0.05) is 19.1 Å². The van der Waals surface area contributed by atoms with Gasteiger partial charge in [-0.25, -0.2) is 0 Å². The number of likely N-dealkylation sites (tertiary alicyclic amines) is 1. The smallest absolute Gasteiger partial charge is 0.255 e. The molecule has 0 saturated carbocycles. The van der Waals surface area contributed by atoms with Gasteiger partial charge in [-0.2, -0.15) is 0 Å². The molecule has 1 aromatic rings. The van der Waals surface area contributed by atoms with Crippen molar-refractivity contribution in [3.05, 3.63) is 29.8 Å². The number of hydrogen-bond acceptors (Lipinski definition) is 3. The van der Waals surface area contributed by atoms with Crippen LogP contribution in [0.25, 0.3) is 0 Å². The molecule has 0 aromatic heterocycles. The van der Waals surface area contributed by atoms with Crippen LogP contribution in [0, 0.1) is 5.92 Å². The fourth-order valence-electron chi connectivity index (χ4n) is 2.91. The van der Waals surface area contributed by atoms with Gasteiger partial charge in [-0.3, -0.25) is 4.79 Å². The van der Waals surface area contributed by atoms with Crippen LogP contribution < -0.4 is 10.1 Å². The van der Waals surface area contributed by atoms with E-state index in [1.807, 2.05) is 18.2 Å². The molecular formula is C17H26N2O2. The van der Waals surface area contributed by atoms with Gasteiger partial charge < -0.3 is 15.0 Å². The van der Waals surface area contributed by atoms with Crippen molar-refractivity contribution >= 4 is 5.91 Å². The molecule has 1 aromatic carbocycles. The molecule has 116 valence electrons. The zero-order valence-electron chi connectivity index (χ0n) is 13.1. The molecule has 1 aliphatic heterocycles. The zero-order valence-corrected chi connectivity index (χ0v) is 13.1. The quantitative estimate of drug-likeness (QED) is 0.875. The summed E-state index contributed by atoms with van der Waals surface area (Å²) in [6, 6.07) is 7.35. The number of para-hydroxylation sites is 1. The van der Waals surface area contributed by atoms with Crippen molar-refractivity contribution in [2.75, 3.05) is 33.3 Å². The SMILES string of the molecule is CCN1CCC(CCNC(=O)c2ccccc2OC)CC1. The van der Waals surface area contributed by atoms with Crippen LogP contribution in [0.3, 0.4) is 0 Å². The maximum Gasteiger partial charge on any atom is 0.255 e. The molecule has 1 heterocycles. The van der Waals surface area contributed by atoms with Gasteiger partial charge in [0.1, 0.15) is 5.75 Å². The van der Waals surface area contributed by atoms with Crippen LogP contribution in [0.1, 0.15) is 36.5 Å². The van der Waals surface area contributed by atoms with E-state index >= 15 is 0 Å². The second-order valence-corrected chi connectivity index (χ2v) is 5.62. The van der Waals surface area contributed by atoms with Gasteiger partial charge in [0.25, 0.3) is 5.91 Å². The molecule has 1 amide bonds. The molecule has 0 unspecified atom stereocenters. The van der Waals surface area contributed by atoms with Crippen molar-refractivity contribution in [2.24, 2.45) is 5.92 Å². The molecule has 0 aliphatic carbocycles. The van der Waals surface area contributed by atoms with Gasteiger partial charge in [0, 0.05) is 6.54 Å². The van der Waals surface area contributed by atoms with E-state index in [9.17, 15) is 4.79 Å². The predicted octanol–water partition coefficient (Wildman–Crippen LogP) is 2.55. The first-order chi connectivity index (χ1) is 10.2. The minimum Gasteiger partial charge on any atom is -0.496 e. The number of methoxy groups -OCH3 is 1. The fourth-order valence-corrected chi connectivity index (χ4v) is 2.91. The Morgan fingerprint density at radius 1 is 1.33 bits per heavy atom. The van der Waals surface area contributed by atoms with Crippen molar-refractivity contribution in [1.82, 2.24) is 10.2 Å². The number of ether oxygens (including phenoxy) is 1. The molecule has 1 N–H and O–H groups in total. The standard InChI is InChI=1S/C17H26N2O2/c1-3-19-12-9-14(10-13-19)8-11-18-17(20)15-6-4-5-7-16(15)21-2/h4-7,14H,3,8-13H2,1-2H3,(H,18,20). The molecule has 0 radical (unpaired) electrons. The first kappa shape index (κ1) is 15.8. The summed E-state index contributed by atoms with van der Waals surface area (Å²) in [5.74, 6) is 1.33. The molecule has 4 nitrogen and oxygen atoms in total. The van der Waals surface area contributed by atoms with E-state index < -0.39 is 0 Å².